The molecule has 1 aliphatic carbocycles. The fourth-order valence-corrected chi connectivity index (χ4v) is 5.12. The molecule has 1 aliphatic rings. The van der Waals surface area contributed by atoms with Gasteiger partial charge in [0.15, 0.2) is 0 Å². The van der Waals surface area contributed by atoms with Crippen LogP contribution >= 0.6 is 0 Å². The normalized spacial score (nSPS) is 13.7. The molecule has 0 aromatic heterocycles. The van der Waals surface area contributed by atoms with Gasteiger partial charge in [-0.2, -0.15) is 0 Å². The predicted molar refractivity (Wildman–Crippen MR) is 175 cm³/mol. The number of allylic oxidation sites excluding steroid dienone is 1. The summed E-state index contributed by atoms with van der Waals surface area (Å²) < 4.78 is 25.7. The van der Waals surface area contributed by atoms with E-state index < -0.39 is 21.8 Å². The molecule has 0 radical (unpaired) electrons. The SMILES string of the molecule is C#C/C=C(/NC(=O)CCS(=O)(=O)N(C)CCN(C)C)C(=O)NCCCCCC.CC1CCCCC1.Cc1ccccc1. The Hall–Kier alpha value is -2.67. The molecule has 42 heavy (non-hydrogen) atoms. The Morgan fingerprint density at radius 2 is 1.67 bits per heavy atom. The number of carbonyl (C=O) groups excluding carboxylic acids is 2. The number of benzene rings is 1. The summed E-state index contributed by atoms with van der Waals surface area (Å²) in [5.74, 6) is 1.85. The van der Waals surface area contributed by atoms with Gasteiger partial charge in [0.05, 0.1) is 5.75 Å². The summed E-state index contributed by atoms with van der Waals surface area (Å²) in [7, 11) is 1.62. The largest absolute Gasteiger partial charge is 0.351 e. The van der Waals surface area contributed by atoms with E-state index in [-0.39, 0.29) is 17.9 Å². The fraction of sp³-hybridized carbons (Fsp3) is 0.636. The highest BCUT2D eigenvalue weighted by Gasteiger charge is 2.20. The van der Waals surface area contributed by atoms with Crippen molar-refractivity contribution in [2.75, 3.05) is 46.5 Å². The molecular weight excluding hydrogens is 548 g/mol. The summed E-state index contributed by atoms with van der Waals surface area (Å²) in [6, 6.07) is 10.3. The fourth-order valence-electron chi connectivity index (χ4n) is 4.00. The van der Waals surface area contributed by atoms with Crippen molar-refractivity contribution in [3.63, 3.8) is 0 Å². The molecule has 2 N–H and O–H groups in total. The van der Waals surface area contributed by atoms with Crippen LogP contribution in [0.25, 0.3) is 0 Å². The number of nitrogens with one attached hydrogen (secondary N) is 2. The second kappa shape index (κ2) is 23.8. The Bertz CT molecular complexity index is 1040. The maximum atomic E-state index is 12.2. The van der Waals surface area contributed by atoms with Gasteiger partial charge in [-0.15, -0.1) is 6.42 Å². The van der Waals surface area contributed by atoms with Crippen molar-refractivity contribution in [1.82, 2.24) is 19.8 Å². The Morgan fingerprint density at radius 3 is 2.14 bits per heavy atom. The lowest BCUT2D eigenvalue weighted by Crippen LogP contribution is -2.38. The number of aryl methyl sites for hydroxylation is 1. The molecular formula is C33H56N4O4S. The Morgan fingerprint density at radius 1 is 1.02 bits per heavy atom. The van der Waals surface area contributed by atoms with Gasteiger partial charge in [0.2, 0.25) is 15.9 Å². The molecule has 9 heteroatoms. The Labute approximate surface area is 256 Å². The topological polar surface area (TPSA) is 98.8 Å². The van der Waals surface area contributed by atoms with Gasteiger partial charge in [0.25, 0.3) is 5.91 Å². The minimum Gasteiger partial charge on any atom is -0.351 e. The van der Waals surface area contributed by atoms with Gasteiger partial charge in [0.1, 0.15) is 5.70 Å². The van der Waals surface area contributed by atoms with E-state index in [4.69, 9.17) is 6.42 Å². The van der Waals surface area contributed by atoms with Gasteiger partial charge in [-0.1, -0.05) is 107 Å². The van der Waals surface area contributed by atoms with Gasteiger partial charge in [-0.25, -0.2) is 12.7 Å². The maximum absolute atomic E-state index is 12.2. The number of carbonyl (C=O) groups is 2. The first-order chi connectivity index (χ1) is 19.9. The number of sulfonamides is 1. The summed E-state index contributed by atoms with van der Waals surface area (Å²) in [4.78, 5) is 26.1. The van der Waals surface area contributed by atoms with Crippen LogP contribution in [-0.2, 0) is 19.6 Å². The average Bonchev–Trinajstić information content (AvgIpc) is 2.96. The molecule has 0 heterocycles. The second-order valence-corrected chi connectivity index (χ2v) is 13.4. The van der Waals surface area contributed by atoms with Crippen molar-refractivity contribution in [2.24, 2.45) is 5.92 Å². The standard InChI is InChI=1S/C19H34N4O4S.C7H14.C7H8/c1-6-8-9-10-13-20-19(25)17(11-7-2)21-18(24)12-16-28(26,27)23(5)15-14-22(3)4;2*1-7-5-3-2-4-6-7/h2,11H,6,8-10,12-16H2,1,3-5H3,(H,20,25)(H,21,24);7H,2-6H2,1H3;2-6H,1H3/b17-11+;;. The molecule has 0 aliphatic heterocycles. The van der Waals surface area contributed by atoms with E-state index in [2.05, 4.69) is 49.5 Å². The van der Waals surface area contributed by atoms with Crippen LogP contribution in [0, 0.1) is 25.2 Å². The van der Waals surface area contributed by atoms with E-state index in [9.17, 15) is 18.0 Å². The van der Waals surface area contributed by atoms with Crippen molar-refractivity contribution in [1.29, 1.82) is 0 Å². The summed E-state index contributed by atoms with van der Waals surface area (Å²) in [6.45, 7) is 7.94. The van der Waals surface area contributed by atoms with Crippen LogP contribution in [0.4, 0.5) is 0 Å². The van der Waals surface area contributed by atoms with Crippen molar-refractivity contribution < 1.29 is 18.0 Å². The Kier molecular flexibility index (Phi) is 22.3. The zero-order valence-electron chi connectivity index (χ0n) is 27.0. The highest BCUT2D eigenvalue weighted by Crippen LogP contribution is 2.22. The van der Waals surface area contributed by atoms with Gasteiger partial charge >= 0.3 is 0 Å². The number of amides is 2. The zero-order chi connectivity index (χ0) is 31.8. The molecule has 8 nitrogen and oxygen atoms in total. The third kappa shape index (κ3) is 21.1. The number of nitrogens with zero attached hydrogens (tertiary/aromatic N) is 2. The summed E-state index contributed by atoms with van der Waals surface area (Å²) in [5.41, 5.74) is 1.27. The molecule has 2 amide bonds. The molecule has 0 unspecified atom stereocenters. The predicted octanol–water partition coefficient (Wildman–Crippen LogP) is 5.11. The molecule has 1 aromatic rings. The van der Waals surface area contributed by atoms with Crippen molar-refractivity contribution in [3.8, 4) is 12.3 Å². The highest BCUT2D eigenvalue weighted by atomic mass is 32.2. The van der Waals surface area contributed by atoms with E-state index in [1.807, 2.05) is 37.2 Å². The smallest absolute Gasteiger partial charge is 0.268 e. The van der Waals surface area contributed by atoms with E-state index in [1.54, 1.807) is 0 Å². The van der Waals surface area contributed by atoms with E-state index in [0.717, 1.165) is 37.7 Å². The van der Waals surface area contributed by atoms with Crippen molar-refractivity contribution in [2.45, 2.75) is 85.0 Å². The maximum Gasteiger partial charge on any atom is 0.268 e. The molecule has 1 fully saturated rings. The van der Waals surface area contributed by atoms with Crippen LogP contribution in [0.5, 0.6) is 0 Å². The van der Waals surface area contributed by atoms with E-state index in [1.165, 1.54) is 49.0 Å². The van der Waals surface area contributed by atoms with Crippen LogP contribution in [0.2, 0.25) is 0 Å². The summed E-state index contributed by atoms with van der Waals surface area (Å²) >= 11 is 0. The minimum absolute atomic E-state index is 0.0543. The number of hydrogen-bond acceptors (Lipinski definition) is 5. The number of unbranched alkanes of at least 4 members (excludes halogenated alkanes) is 3. The van der Waals surface area contributed by atoms with Gasteiger partial charge < -0.3 is 15.5 Å². The van der Waals surface area contributed by atoms with Gasteiger partial charge in [-0.05, 0) is 33.4 Å². The first-order valence-corrected chi connectivity index (χ1v) is 16.9. The number of hydrogen-bond donors (Lipinski definition) is 2. The van der Waals surface area contributed by atoms with Crippen LogP contribution in [0.15, 0.2) is 42.1 Å². The third-order valence-electron chi connectivity index (χ3n) is 6.82. The third-order valence-corrected chi connectivity index (χ3v) is 8.67. The van der Waals surface area contributed by atoms with E-state index >= 15 is 0 Å². The molecule has 1 aromatic carbocycles. The molecule has 238 valence electrons. The van der Waals surface area contributed by atoms with Crippen LogP contribution in [0.1, 0.15) is 83.6 Å². The summed E-state index contributed by atoms with van der Waals surface area (Å²) in [5, 5.41) is 5.11. The van der Waals surface area contributed by atoms with Crippen molar-refractivity contribution >= 4 is 21.8 Å². The zero-order valence-corrected chi connectivity index (χ0v) is 27.8. The minimum atomic E-state index is -3.56. The van der Waals surface area contributed by atoms with Crippen molar-refractivity contribution in [3.05, 3.63) is 47.7 Å². The van der Waals surface area contributed by atoms with Crippen LogP contribution < -0.4 is 10.6 Å². The van der Waals surface area contributed by atoms with E-state index in [0.29, 0.717) is 19.6 Å². The lowest BCUT2D eigenvalue weighted by atomic mass is 9.91. The molecule has 1 saturated carbocycles. The van der Waals surface area contributed by atoms with Gasteiger partial charge in [0, 0.05) is 39.2 Å². The molecule has 0 atom stereocenters. The van der Waals surface area contributed by atoms with Crippen LogP contribution in [-0.4, -0.2) is 76.0 Å². The molecule has 0 saturated heterocycles. The number of likely N-dealkylation sites (N-methyl/N-ethyl adjacent to an activating group) is 2. The highest BCUT2D eigenvalue weighted by molar-refractivity contribution is 7.89. The first-order valence-electron chi connectivity index (χ1n) is 15.3. The molecule has 0 spiro atoms. The molecule has 2 rings (SSSR count). The monoisotopic (exact) mass is 604 g/mol. The number of rotatable bonds is 14. The molecule has 0 bridgehead atoms. The quantitative estimate of drug-likeness (QED) is 0.175. The number of terminal acetylenes is 1. The summed E-state index contributed by atoms with van der Waals surface area (Å²) in [6.07, 6.45) is 17.6. The van der Waals surface area contributed by atoms with Gasteiger partial charge in [-0.3, -0.25) is 9.59 Å². The first kappa shape index (κ1) is 39.3. The second-order valence-electron chi connectivity index (χ2n) is 11.2. The lowest BCUT2D eigenvalue weighted by Gasteiger charge is -2.19. The lowest BCUT2D eigenvalue weighted by molar-refractivity contribution is -0.123. The Balaban J connectivity index is 0.000000955. The average molecular weight is 605 g/mol. The van der Waals surface area contributed by atoms with Crippen LogP contribution in [0.3, 0.4) is 0 Å².